The molecule has 1 aromatic heterocycles. The summed E-state index contributed by atoms with van der Waals surface area (Å²) in [7, 11) is 0. The first kappa shape index (κ1) is 9.85. The minimum Gasteiger partial charge on any atom is -0.506 e. The predicted octanol–water partition coefficient (Wildman–Crippen LogP) is 1.53. The van der Waals surface area contributed by atoms with Crippen molar-refractivity contribution in [2.75, 3.05) is 0 Å². The van der Waals surface area contributed by atoms with Gasteiger partial charge in [-0.25, -0.2) is 8.78 Å². The normalized spacial score (nSPS) is 10.8. The standard InChI is InChI=1S/C8H9F2NO2/c1-4-5(3-12)6(13)2-11-7(4)8(9)10/h2,8,12-13H,3H2,1H3. The number of hydrogen-bond acceptors (Lipinski definition) is 3. The third-order valence-corrected chi connectivity index (χ3v) is 1.84. The molecule has 0 aliphatic heterocycles. The number of rotatable bonds is 2. The molecule has 0 aliphatic rings. The van der Waals surface area contributed by atoms with Gasteiger partial charge in [0.05, 0.1) is 12.8 Å². The van der Waals surface area contributed by atoms with Crippen LogP contribution in [0.25, 0.3) is 0 Å². The maximum atomic E-state index is 12.3. The number of hydrogen-bond donors (Lipinski definition) is 2. The van der Waals surface area contributed by atoms with Gasteiger partial charge in [0.2, 0.25) is 0 Å². The van der Waals surface area contributed by atoms with Gasteiger partial charge in [-0.15, -0.1) is 0 Å². The molecule has 0 unspecified atom stereocenters. The van der Waals surface area contributed by atoms with E-state index in [0.717, 1.165) is 6.20 Å². The zero-order valence-electron chi connectivity index (χ0n) is 6.96. The Morgan fingerprint density at radius 2 is 2.15 bits per heavy atom. The molecule has 0 radical (unpaired) electrons. The van der Waals surface area contributed by atoms with Crippen LogP contribution in [0.4, 0.5) is 8.78 Å². The molecule has 3 nitrogen and oxygen atoms in total. The van der Waals surface area contributed by atoms with E-state index in [1.54, 1.807) is 0 Å². The third-order valence-electron chi connectivity index (χ3n) is 1.84. The highest BCUT2D eigenvalue weighted by Crippen LogP contribution is 2.27. The summed E-state index contributed by atoms with van der Waals surface area (Å²) in [5, 5.41) is 17.9. The van der Waals surface area contributed by atoms with Crippen molar-refractivity contribution >= 4 is 0 Å². The number of aromatic hydroxyl groups is 1. The molecule has 13 heavy (non-hydrogen) atoms. The topological polar surface area (TPSA) is 53.4 Å². The van der Waals surface area contributed by atoms with Crippen molar-refractivity contribution in [3.63, 3.8) is 0 Å². The fourth-order valence-corrected chi connectivity index (χ4v) is 1.07. The molecule has 0 saturated carbocycles. The largest absolute Gasteiger partial charge is 0.506 e. The monoisotopic (exact) mass is 189 g/mol. The van der Waals surface area contributed by atoms with Crippen LogP contribution in [0, 0.1) is 6.92 Å². The van der Waals surface area contributed by atoms with Gasteiger partial charge in [-0.1, -0.05) is 0 Å². The van der Waals surface area contributed by atoms with Crippen molar-refractivity contribution in [1.29, 1.82) is 0 Å². The van der Waals surface area contributed by atoms with Gasteiger partial charge in [0.15, 0.2) is 0 Å². The fraction of sp³-hybridized carbons (Fsp3) is 0.375. The number of aliphatic hydroxyl groups excluding tert-OH is 1. The lowest BCUT2D eigenvalue weighted by Crippen LogP contribution is -1.99. The Bertz CT molecular complexity index is 315. The maximum Gasteiger partial charge on any atom is 0.280 e. The molecule has 0 fully saturated rings. The Kier molecular flexibility index (Phi) is 2.77. The van der Waals surface area contributed by atoms with Crippen molar-refractivity contribution in [3.8, 4) is 5.75 Å². The van der Waals surface area contributed by atoms with Crippen molar-refractivity contribution in [1.82, 2.24) is 4.98 Å². The van der Waals surface area contributed by atoms with Crippen LogP contribution in [0.15, 0.2) is 6.20 Å². The van der Waals surface area contributed by atoms with E-state index in [-0.39, 0.29) is 16.9 Å². The minimum atomic E-state index is -2.69. The smallest absolute Gasteiger partial charge is 0.280 e. The number of aromatic nitrogens is 1. The molecular formula is C8H9F2NO2. The second kappa shape index (κ2) is 3.66. The molecule has 0 saturated heterocycles. The molecule has 2 N–H and O–H groups in total. The van der Waals surface area contributed by atoms with Gasteiger partial charge in [0.25, 0.3) is 6.43 Å². The SMILES string of the molecule is Cc1c(C(F)F)ncc(O)c1CO. The van der Waals surface area contributed by atoms with Crippen LogP contribution in [0.5, 0.6) is 5.75 Å². The lowest BCUT2D eigenvalue weighted by atomic mass is 10.1. The van der Waals surface area contributed by atoms with E-state index >= 15 is 0 Å². The number of aliphatic hydroxyl groups is 1. The van der Waals surface area contributed by atoms with Gasteiger partial charge >= 0.3 is 0 Å². The van der Waals surface area contributed by atoms with E-state index in [0.29, 0.717) is 0 Å². The summed E-state index contributed by atoms with van der Waals surface area (Å²) in [4.78, 5) is 3.37. The van der Waals surface area contributed by atoms with Gasteiger partial charge in [-0.3, -0.25) is 4.98 Å². The summed E-state index contributed by atoms with van der Waals surface area (Å²) >= 11 is 0. The average Bonchev–Trinajstić information content (AvgIpc) is 2.04. The summed E-state index contributed by atoms with van der Waals surface area (Å²) < 4.78 is 24.5. The molecular weight excluding hydrogens is 180 g/mol. The van der Waals surface area contributed by atoms with E-state index in [1.165, 1.54) is 6.92 Å². The summed E-state index contributed by atoms with van der Waals surface area (Å²) in [5.41, 5.74) is -0.162. The Labute approximate surface area is 73.7 Å². The maximum absolute atomic E-state index is 12.3. The fourth-order valence-electron chi connectivity index (χ4n) is 1.07. The van der Waals surface area contributed by atoms with Crippen LogP contribution in [-0.4, -0.2) is 15.2 Å². The minimum absolute atomic E-state index is 0.102. The van der Waals surface area contributed by atoms with E-state index in [4.69, 9.17) is 10.2 Å². The van der Waals surface area contributed by atoms with E-state index in [1.807, 2.05) is 0 Å². The van der Waals surface area contributed by atoms with Crippen LogP contribution in [-0.2, 0) is 6.61 Å². The first-order valence-electron chi connectivity index (χ1n) is 3.64. The Hall–Kier alpha value is -1.23. The molecule has 0 spiro atoms. The molecule has 0 aromatic carbocycles. The van der Waals surface area contributed by atoms with Gasteiger partial charge in [0, 0.05) is 5.56 Å². The highest BCUT2D eigenvalue weighted by atomic mass is 19.3. The molecule has 1 heterocycles. The van der Waals surface area contributed by atoms with Crippen molar-refractivity contribution in [2.24, 2.45) is 0 Å². The van der Waals surface area contributed by atoms with Crippen LogP contribution >= 0.6 is 0 Å². The molecule has 0 atom stereocenters. The quantitative estimate of drug-likeness (QED) is 0.741. The first-order valence-corrected chi connectivity index (χ1v) is 3.64. The molecule has 1 aromatic rings. The lowest BCUT2D eigenvalue weighted by Gasteiger charge is -2.09. The van der Waals surface area contributed by atoms with Crippen LogP contribution < -0.4 is 0 Å². The molecule has 0 amide bonds. The second-order valence-corrected chi connectivity index (χ2v) is 2.59. The number of alkyl halides is 2. The molecule has 0 aliphatic carbocycles. The Balaban J connectivity index is 3.27. The molecule has 0 bridgehead atoms. The van der Waals surface area contributed by atoms with E-state index < -0.39 is 18.7 Å². The summed E-state index contributed by atoms with van der Waals surface area (Å²) in [5.74, 6) is -0.260. The lowest BCUT2D eigenvalue weighted by molar-refractivity contribution is 0.144. The predicted molar refractivity (Wildman–Crippen MR) is 41.5 cm³/mol. The summed E-state index contributed by atoms with van der Waals surface area (Å²) in [6.07, 6.45) is -1.77. The van der Waals surface area contributed by atoms with Crippen LogP contribution in [0.1, 0.15) is 23.2 Å². The van der Waals surface area contributed by atoms with Gasteiger partial charge in [-0.2, -0.15) is 0 Å². The van der Waals surface area contributed by atoms with Gasteiger partial charge in [-0.05, 0) is 12.5 Å². The van der Waals surface area contributed by atoms with E-state index in [9.17, 15) is 8.78 Å². The van der Waals surface area contributed by atoms with Crippen molar-refractivity contribution in [2.45, 2.75) is 20.0 Å². The zero-order chi connectivity index (χ0) is 10.0. The summed E-state index contributed by atoms with van der Waals surface area (Å²) in [6, 6.07) is 0. The first-order chi connectivity index (χ1) is 6.07. The number of halogens is 2. The highest BCUT2D eigenvalue weighted by molar-refractivity contribution is 5.39. The Morgan fingerprint density at radius 1 is 1.54 bits per heavy atom. The number of pyridine rings is 1. The average molecular weight is 189 g/mol. The van der Waals surface area contributed by atoms with Crippen LogP contribution in [0.3, 0.4) is 0 Å². The molecule has 1 rings (SSSR count). The van der Waals surface area contributed by atoms with Crippen LogP contribution in [0.2, 0.25) is 0 Å². The Morgan fingerprint density at radius 3 is 2.62 bits per heavy atom. The second-order valence-electron chi connectivity index (χ2n) is 2.59. The third kappa shape index (κ3) is 1.75. The zero-order valence-corrected chi connectivity index (χ0v) is 6.96. The highest BCUT2D eigenvalue weighted by Gasteiger charge is 2.16. The molecule has 72 valence electrons. The van der Waals surface area contributed by atoms with Gasteiger partial charge < -0.3 is 10.2 Å². The van der Waals surface area contributed by atoms with Crippen molar-refractivity contribution in [3.05, 3.63) is 23.0 Å². The van der Waals surface area contributed by atoms with Gasteiger partial charge in [0.1, 0.15) is 11.4 Å². The van der Waals surface area contributed by atoms with E-state index in [2.05, 4.69) is 4.98 Å². The van der Waals surface area contributed by atoms with Crippen molar-refractivity contribution < 1.29 is 19.0 Å². The molecule has 5 heteroatoms. The number of nitrogens with zero attached hydrogens (tertiary/aromatic N) is 1. The summed E-state index contributed by atoms with van der Waals surface area (Å²) in [6.45, 7) is 0.916.